The number of sulfonamides is 1. The van der Waals surface area contributed by atoms with Crippen molar-refractivity contribution in [2.45, 2.75) is 24.5 Å². The van der Waals surface area contributed by atoms with Gasteiger partial charge >= 0.3 is 6.18 Å². The Morgan fingerprint density at radius 3 is 2.33 bits per heavy atom. The molecule has 0 aliphatic carbocycles. The third kappa shape index (κ3) is 6.94. The number of hydrogen-bond acceptors (Lipinski definition) is 5. The Bertz CT molecular complexity index is 1210. The molecule has 0 saturated heterocycles. The predicted octanol–water partition coefficient (Wildman–Crippen LogP) is 4.06. The van der Waals surface area contributed by atoms with Crippen molar-refractivity contribution in [3.05, 3.63) is 83.6 Å². The van der Waals surface area contributed by atoms with Crippen molar-refractivity contribution in [3.63, 3.8) is 0 Å². The van der Waals surface area contributed by atoms with Crippen LogP contribution in [0.1, 0.15) is 21.5 Å². The highest BCUT2D eigenvalue weighted by molar-refractivity contribution is 7.92. The van der Waals surface area contributed by atoms with Crippen LogP contribution in [0.3, 0.4) is 0 Å². The van der Waals surface area contributed by atoms with Crippen LogP contribution in [-0.4, -0.2) is 32.1 Å². The second-order valence-corrected chi connectivity index (χ2v) is 8.73. The molecule has 0 saturated carbocycles. The maximum absolute atomic E-state index is 12.5. The third-order valence-corrected chi connectivity index (χ3v) is 5.79. The smallest absolute Gasteiger partial charge is 0.422 e. The molecule has 7 nitrogen and oxygen atoms in total. The van der Waals surface area contributed by atoms with Crippen molar-refractivity contribution >= 4 is 21.6 Å². The van der Waals surface area contributed by atoms with Gasteiger partial charge in [0.2, 0.25) is 5.88 Å². The summed E-state index contributed by atoms with van der Waals surface area (Å²) >= 11 is 0. The van der Waals surface area contributed by atoms with Gasteiger partial charge in [-0.15, -0.1) is 0 Å². The van der Waals surface area contributed by atoms with Gasteiger partial charge in [0, 0.05) is 29.6 Å². The Kier molecular flexibility index (Phi) is 7.22. The van der Waals surface area contributed by atoms with Crippen LogP contribution in [0, 0.1) is 6.92 Å². The van der Waals surface area contributed by atoms with E-state index in [2.05, 4.69) is 19.8 Å². The molecule has 174 valence electrons. The van der Waals surface area contributed by atoms with Crippen molar-refractivity contribution in [1.82, 2.24) is 10.3 Å². The van der Waals surface area contributed by atoms with Crippen LogP contribution >= 0.6 is 0 Å². The lowest BCUT2D eigenvalue weighted by atomic mass is 10.2. The molecular formula is C22H20F3N3O4S. The second kappa shape index (κ2) is 9.90. The van der Waals surface area contributed by atoms with E-state index in [1.54, 1.807) is 24.3 Å². The maximum atomic E-state index is 12.5. The molecule has 0 atom stereocenters. The number of rotatable bonds is 8. The first-order valence-corrected chi connectivity index (χ1v) is 11.1. The quantitative estimate of drug-likeness (QED) is 0.508. The minimum Gasteiger partial charge on any atom is -0.468 e. The van der Waals surface area contributed by atoms with Crippen LogP contribution in [0.2, 0.25) is 0 Å². The summed E-state index contributed by atoms with van der Waals surface area (Å²) in [4.78, 5) is 16.1. The number of halogens is 3. The maximum Gasteiger partial charge on any atom is 0.422 e. The number of carbonyl (C=O) groups is 1. The van der Waals surface area contributed by atoms with E-state index >= 15 is 0 Å². The summed E-state index contributed by atoms with van der Waals surface area (Å²) < 4.78 is 69.4. The number of ether oxygens (including phenoxy) is 1. The third-order valence-electron chi connectivity index (χ3n) is 4.39. The van der Waals surface area contributed by atoms with Crippen molar-refractivity contribution in [1.29, 1.82) is 0 Å². The predicted molar refractivity (Wildman–Crippen MR) is 115 cm³/mol. The first-order valence-electron chi connectivity index (χ1n) is 9.65. The number of alkyl halides is 3. The summed E-state index contributed by atoms with van der Waals surface area (Å²) in [7, 11) is -3.85. The lowest BCUT2D eigenvalue weighted by Crippen LogP contribution is -2.24. The summed E-state index contributed by atoms with van der Waals surface area (Å²) in [5.74, 6) is -0.783. The minimum absolute atomic E-state index is 0.0327. The summed E-state index contributed by atoms with van der Waals surface area (Å²) in [6.07, 6.45) is -3.24. The Balaban J connectivity index is 1.63. The van der Waals surface area contributed by atoms with Gasteiger partial charge in [-0.05, 0) is 49.4 Å². The fraction of sp³-hybridized carbons (Fsp3) is 0.182. The summed E-state index contributed by atoms with van der Waals surface area (Å²) in [5, 5.41) is 2.55. The first kappa shape index (κ1) is 24.1. The highest BCUT2D eigenvalue weighted by Gasteiger charge is 2.29. The van der Waals surface area contributed by atoms with Gasteiger partial charge in [0.05, 0.1) is 4.90 Å². The van der Waals surface area contributed by atoms with Crippen LogP contribution in [0.5, 0.6) is 5.88 Å². The number of carbonyl (C=O) groups excluding carboxylic acids is 1. The van der Waals surface area contributed by atoms with E-state index in [0.29, 0.717) is 5.69 Å². The Labute approximate surface area is 188 Å². The molecule has 0 aliphatic heterocycles. The molecule has 2 N–H and O–H groups in total. The summed E-state index contributed by atoms with van der Waals surface area (Å²) in [6, 6.07) is 15.0. The molecule has 2 aromatic carbocycles. The number of nitrogens with zero attached hydrogens (tertiary/aromatic N) is 1. The fourth-order valence-corrected chi connectivity index (χ4v) is 3.80. The minimum atomic E-state index is -4.52. The van der Waals surface area contributed by atoms with Gasteiger partial charge < -0.3 is 10.1 Å². The molecule has 0 fully saturated rings. The molecule has 11 heteroatoms. The fourth-order valence-electron chi connectivity index (χ4n) is 2.74. The largest absolute Gasteiger partial charge is 0.468 e. The molecule has 3 rings (SSSR count). The van der Waals surface area contributed by atoms with E-state index in [1.807, 2.05) is 6.92 Å². The SMILES string of the molecule is Cc1ccc(NS(=O)(=O)c2ccc(C(=O)NCc3cccnc3OCC(F)(F)F)cc2)cc1. The number of aryl methyl sites for hydroxylation is 1. The van der Waals surface area contributed by atoms with E-state index in [1.165, 1.54) is 42.6 Å². The number of amides is 1. The lowest BCUT2D eigenvalue weighted by Gasteiger charge is -2.12. The van der Waals surface area contributed by atoms with E-state index in [9.17, 15) is 26.4 Å². The van der Waals surface area contributed by atoms with E-state index in [-0.39, 0.29) is 28.4 Å². The number of nitrogens with one attached hydrogen (secondary N) is 2. The van der Waals surface area contributed by atoms with Gasteiger partial charge in [0.15, 0.2) is 6.61 Å². The molecule has 1 heterocycles. The van der Waals surface area contributed by atoms with Crippen LogP contribution in [0.4, 0.5) is 18.9 Å². The Hall–Kier alpha value is -3.60. The summed E-state index contributed by atoms with van der Waals surface area (Å²) in [6.45, 7) is 0.249. The van der Waals surface area contributed by atoms with Gasteiger partial charge in [-0.1, -0.05) is 23.8 Å². The molecule has 0 bridgehead atoms. The number of pyridine rings is 1. The number of anilines is 1. The standard InChI is InChI=1S/C22H20F3N3O4S/c1-15-4-8-18(9-5-15)28-33(30,31)19-10-6-16(7-11-19)20(29)27-13-17-3-2-12-26-21(17)32-14-22(23,24)25/h2-12,28H,13-14H2,1H3,(H,27,29). The topological polar surface area (TPSA) is 97.4 Å². The van der Waals surface area contributed by atoms with Crippen LogP contribution < -0.4 is 14.8 Å². The zero-order chi connectivity index (χ0) is 24.1. The highest BCUT2D eigenvalue weighted by atomic mass is 32.2. The highest BCUT2D eigenvalue weighted by Crippen LogP contribution is 2.20. The first-order chi connectivity index (χ1) is 15.5. The van der Waals surface area contributed by atoms with Gasteiger partial charge in [-0.2, -0.15) is 13.2 Å². The zero-order valence-corrected chi connectivity index (χ0v) is 18.2. The van der Waals surface area contributed by atoms with Crippen LogP contribution in [0.25, 0.3) is 0 Å². The average molecular weight is 479 g/mol. The average Bonchev–Trinajstić information content (AvgIpc) is 2.77. The normalized spacial score (nSPS) is 11.6. The van der Waals surface area contributed by atoms with E-state index < -0.39 is 28.7 Å². The molecular weight excluding hydrogens is 459 g/mol. The van der Waals surface area contributed by atoms with Gasteiger partial charge in [0.1, 0.15) is 0 Å². The number of hydrogen-bond donors (Lipinski definition) is 2. The van der Waals surface area contributed by atoms with Gasteiger partial charge in [-0.3, -0.25) is 9.52 Å². The second-order valence-electron chi connectivity index (χ2n) is 7.05. The Morgan fingerprint density at radius 2 is 1.70 bits per heavy atom. The molecule has 1 amide bonds. The number of benzene rings is 2. The molecule has 0 spiro atoms. The van der Waals surface area contributed by atoms with Crippen molar-refractivity contribution in [2.24, 2.45) is 0 Å². The monoisotopic (exact) mass is 479 g/mol. The van der Waals surface area contributed by atoms with Gasteiger partial charge in [-0.25, -0.2) is 13.4 Å². The zero-order valence-electron chi connectivity index (χ0n) is 17.4. The van der Waals surface area contributed by atoms with Crippen LogP contribution in [-0.2, 0) is 16.6 Å². The molecule has 0 unspecified atom stereocenters. The van der Waals surface area contributed by atoms with E-state index in [0.717, 1.165) is 5.56 Å². The van der Waals surface area contributed by atoms with Crippen molar-refractivity contribution in [2.75, 3.05) is 11.3 Å². The summed E-state index contributed by atoms with van der Waals surface area (Å²) in [5.41, 5.74) is 1.82. The van der Waals surface area contributed by atoms with Crippen molar-refractivity contribution in [3.8, 4) is 5.88 Å². The van der Waals surface area contributed by atoms with Crippen molar-refractivity contribution < 1.29 is 31.1 Å². The lowest BCUT2D eigenvalue weighted by molar-refractivity contribution is -0.154. The molecule has 33 heavy (non-hydrogen) atoms. The van der Waals surface area contributed by atoms with E-state index in [4.69, 9.17) is 0 Å². The molecule has 1 aromatic heterocycles. The molecule has 0 aliphatic rings. The van der Waals surface area contributed by atoms with Crippen LogP contribution in [0.15, 0.2) is 71.8 Å². The molecule has 3 aromatic rings. The Morgan fingerprint density at radius 1 is 1.03 bits per heavy atom. The molecule has 0 radical (unpaired) electrons. The van der Waals surface area contributed by atoms with Gasteiger partial charge in [0.25, 0.3) is 15.9 Å². The number of aromatic nitrogens is 1.